The van der Waals surface area contributed by atoms with Gasteiger partial charge in [0.15, 0.2) is 5.11 Å². The van der Waals surface area contributed by atoms with Crippen LogP contribution in [0.15, 0.2) is 24.3 Å². The maximum absolute atomic E-state index is 11.6. The predicted octanol–water partition coefficient (Wildman–Crippen LogP) is 2.56. The first-order valence-corrected chi connectivity index (χ1v) is 7.19. The van der Waals surface area contributed by atoms with E-state index in [1.165, 1.54) is 0 Å². The monoisotopic (exact) mass is 308 g/mol. The number of carboxylic acid groups (broad SMARTS) is 1. The highest BCUT2D eigenvalue weighted by Gasteiger charge is 2.06. The fourth-order valence-electron chi connectivity index (χ4n) is 1.65. The Bertz CT molecular complexity index is 512. The maximum atomic E-state index is 11.6. The summed E-state index contributed by atoms with van der Waals surface area (Å²) in [4.78, 5) is 22.2. The van der Waals surface area contributed by atoms with Crippen LogP contribution in [-0.2, 0) is 16.0 Å². The number of nitrogens with one attached hydrogen (secondary N) is 2. The van der Waals surface area contributed by atoms with Crippen LogP contribution in [0, 0.1) is 5.92 Å². The van der Waals surface area contributed by atoms with Crippen LogP contribution in [0.5, 0.6) is 0 Å². The quantitative estimate of drug-likeness (QED) is 0.704. The SMILES string of the molecule is CC(C)CCC(=O)NC(=S)Nc1ccc(CC(=O)O)cc1. The van der Waals surface area contributed by atoms with Gasteiger partial charge in [0.05, 0.1) is 6.42 Å². The summed E-state index contributed by atoms with van der Waals surface area (Å²) in [7, 11) is 0. The van der Waals surface area contributed by atoms with Gasteiger partial charge in [-0.15, -0.1) is 0 Å². The van der Waals surface area contributed by atoms with E-state index in [1.54, 1.807) is 24.3 Å². The number of benzene rings is 1. The van der Waals surface area contributed by atoms with E-state index in [4.69, 9.17) is 17.3 Å². The summed E-state index contributed by atoms with van der Waals surface area (Å²) in [6.07, 6.45) is 1.24. The zero-order chi connectivity index (χ0) is 15.8. The van der Waals surface area contributed by atoms with Gasteiger partial charge in [-0.2, -0.15) is 0 Å². The average Bonchev–Trinajstić information content (AvgIpc) is 2.38. The van der Waals surface area contributed by atoms with Gasteiger partial charge in [-0.05, 0) is 42.3 Å². The van der Waals surface area contributed by atoms with Gasteiger partial charge in [-0.3, -0.25) is 9.59 Å². The van der Waals surface area contributed by atoms with Crippen LogP contribution >= 0.6 is 12.2 Å². The highest BCUT2D eigenvalue weighted by molar-refractivity contribution is 7.80. The molecule has 6 heteroatoms. The second-order valence-corrected chi connectivity index (χ2v) is 5.61. The van der Waals surface area contributed by atoms with E-state index in [9.17, 15) is 9.59 Å². The normalized spacial score (nSPS) is 10.2. The second kappa shape index (κ2) is 8.36. The molecule has 0 aliphatic carbocycles. The van der Waals surface area contributed by atoms with Crippen LogP contribution in [0.4, 0.5) is 5.69 Å². The van der Waals surface area contributed by atoms with E-state index in [0.717, 1.165) is 6.42 Å². The molecule has 1 aromatic rings. The molecule has 0 radical (unpaired) electrons. The van der Waals surface area contributed by atoms with Crippen molar-refractivity contribution in [3.8, 4) is 0 Å². The minimum absolute atomic E-state index is 0.0172. The lowest BCUT2D eigenvalue weighted by Crippen LogP contribution is -2.34. The van der Waals surface area contributed by atoms with Gasteiger partial charge >= 0.3 is 5.97 Å². The molecule has 0 aliphatic rings. The van der Waals surface area contributed by atoms with Gasteiger partial charge in [0.25, 0.3) is 0 Å². The number of rotatable bonds is 6. The number of hydrogen-bond donors (Lipinski definition) is 3. The Morgan fingerprint density at radius 1 is 1.24 bits per heavy atom. The lowest BCUT2D eigenvalue weighted by atomic mass is 10.1. The molecule has 0 spiro atoms. The third kappa shape index (κ3) is 7.41. The molecule has 0 heterocycles. The molecule has 0 aromatic heterocycles. The number of carbonyl (C=O) groups excluding carboxylic acids is 1. The Morgan fingerprint density at radius 3 is 2.38 bits per heavy atom. The Balaban J connectivity index is 2.44. The number of carbonyl (C=O) groups is 2. The Labute approximate surface area is 129 Å². The van der Waals surface area contributed by atoms with Crippen LogP contribution in [0.2, 0.25) is 0 Å². The molecule has 0 fully saturated rings. The summed E-state index contributed by atoms with van der Waals surface area (Å²) in [6, 6.07) is 6.87. The third-order valence-electron chi connectivity index (χ3n) is 2.77. The van der Waals surface area contributed by atoms with E-state index < -0.39 is 5.97 Å². The maximum Gasteiger partial charge on any atom is 0.307 e. The van der Waals surface area contributed by atoms with Crippen molar-refractivity contribution in [2.45, 2.75) is 33.1 Å². The van der Waals surface area contributed by atoms with Crippen molar-refractivity contribution in [2.24, 2.45) is 5.92 Å². The molecule has 3 N–H and O–H groups in total. The number of thiocarbonyl (C=S) groups is 1. The standard InChI is InChI=1S/C15H20N2O3S/c1-10(2)3-8-13(18)17-15(21)16-12-6-4-11(5-7-12)9-14(19)20/h4-7,10H,3,8-9H2,1-2H3,(H,19,20)(H2,16,17,18,21). The molecule has 0 aliphatic heterocycles. The van der Waals surface area contributed by atoms with Crippen molar-refractivity contribution < 1.29 is 14.7 Å². The summed E-state index contributed by atoms with van der Waals surface area (Å²) in [5.74, 6) is -0.508. The molecular formula is C15H20N2O3S. The first kappa shape index (κ1) is 17.1. The predicted molar refractivity (Wildman–Crippen MR) is 86.2 cm³/mol. The van der Waals surface area contributed by atoms with Crippen LogP contribution in [0.3, 0.4) is 0 Å². The van der Waals surface area contributed by atoms with Crippen molar-refractivity contribution in [3.63, 3.8) is 0 Å². The molecule has 1 rings (SSSR count). The number of carboxylic acids is 1. The highest BCUT2D eigenvalue weighted by Crippen LogP contribution is 2.10. The summed E-state index contributed by atoms with van der Waals surface area (Å²) < 4.78 is 0. The average molecular weight is 308 g/mol. The van der Waals surface area contributed by atoms with E-state index in [-0.39, 0.29) is 17.4 Å². The molecule has 5 nitrogen and oxygen atoms in total. The summed E-state index contributed by atoms with van der Waals surface area (Å²) in [5.41, 5.74) is 1.42. The number of aliphatic carboxylic acids is 1. The van der Waals surface area contributed by atoms with Gasteiger partial charge in [0.2, 0.25) is 5.91 Å². The van der Waals surface area contributed by atoms with Crippen molar-refractivity contribution in [2.75, 3.05) is 5.32 Å². The summed E-state index contributed by atoms with van der Waals surface area (Å²) in [6.45, 7) is 4.12. The number of amides is 1. The fourth-order valence-corrected chi connectivity index (χ4v) is 1.88. The first-order chi connectivity index (χ1) is 9.86. The fraction of sp³-hybridized carbons (Fsp3) is 0.400. The molecule has 1 aromatic carbocycles. The van der Waals surface area contributed by atoms with E-state index in [1.807, 2.05) is 0 Å². The van der Waals surface area contributed by atoms with Crippen LogP contribution in [0.1, 0.15) is 32.3 Å². The van der Waals surface area contributed by atoms with Crippen LogP contribution in [-0.4, -0.2) is 22.1 Å². The Kier molecular flexibility index (Phi) is 6.81. The lowest BCUT2D eigenvalue weighted by molar-refractivity contribution is -0.136. The van der Waals surface area contributed by atoms with E-state index in [2.05, 4.69) is 24.5 Å². The van der Waals surface area contributed by atoms with Crippen molar-refractivity contribution in [1.29, 1.82) is 0 Å². The smallest absolute Gasteiger partial charge is 0.307 e. The summed E-state index contributed by atoms with van der Waals surface area (Å²) >= 11 is 5.06. The molecule has 0 unspecified atom stereocenters. The van der Waals surface area contributed by atoms with E-state index in [0.29, 0.717) is 23.6 Å². The number of hydrogen-bond acceptors (Lipinski definition) is 3. The topological polar surface area (TPSA) is 78.4 Å². The molecule has 0 atom stereocenters. The minimum Gasteiger partial charge on any atom is -0.481 e. The molecule has 0 bridgehead atoms. The highest BCUT2D eigenvalue weighted by atomic mass is 32.1. The Hall–Kier alpha value is -1.95. The number of anilines is 1. The lowest BCUT2D eigenvalue weighted by Gasteiger charge is -2.10. The van der Waals surface area contributed by atoms with Gasteiger partial charge < -0.3 is 15.7 Å². The molecule has 0 saturated carbocycles. The van der Waals surface area contributed by atoms with Crippen molar-refractivity contribution in [1.82, 2.24) is 5.32 Å². The first-order valence-electron chi connectivity index (χ1n) is 6.78. The largest absolute Gasteiger partial charge is 0.481 e. The third-order valence-corrected chi connectivity index (χ3v) is 2.97. The summed E-state index contributed by atoms with van der Waals surface area (Å²) in [5, 5.41) is 14.4. The Morgan fingerprint density at radius 2 is 1.86 bits per heavy atom. The van der Waals surface area contributed by atoms with Gasteiger partial charge in [0.1, 0.15) is 0 Å². The minimum atomic E-state index is -0.872. The van der Waals surface area contributed by atoms with E-state index >= 15 is 0 Å². The van der Waals surface area contributed by atoms with Crippen LogP contribution in [0.25, 0.3) is 0 Å². The zero-order valence-corrected chi connectivity index (χ0v) is 13.0. The molecule has 0 saturated heterocycles. The molecule has 114 valence electrons. The van der Waals surface area contributed by atoms with Crippen molar-refractivity contribution >= 4 is 34.9 Å². The van der Waals surface area contributed by atoms with Crippen LogP contribution < -0.4 is 10.6 Å². The zero-order valence-electron chi connectivity index (χ0n) is 12.2. The van der Waals surface area contributed by atoms with Crippen molar-refractivity contribution in [3.05, 3.63) is 29.8 Å². The molecule has 1 amide bonds. The molecular weight excluding hydrogens is 288 g/mol. The molecule has 21 heavy (non-hydrogen) atoms. The van der Waals surface area contributed by atoms with Gasteiger partial charge in [-0.25, -0.2) is 0 Å². The second-order valence-electron chi connectivity index (χ2n) is 5.20. The van der Waals surface area contributed by atoms with Gasteiger partial charge in [0, 0.05) is 12.1 Å². The van der Waals surface area contributed by atoms with Gasteiger partial charge in [-0.1, -0.05) is 26.0 Å².